The first kappa shape index (κ1) is 44.4. The van der Waals surface area contributed by atoms with Gasteiger partial charge in [-0.1, -0.05) is 6.07 Å². The number of nitrogens with zero attached hydrogens (tertiary/aromatic N) is 1. The number of aliphatic hydroxyl groups is 5. The van der Waals surface area contributed by atoms with E-state index in [1.54, 1.807) is 27.7 Å². The van der Waals surface area contributed by atoms with E-state index in [1.165, 1.54) is 32.0 Å². The topological polar surface area (TPSA) is 261 Å². The second kappa shape index (κ2) is 16.2. The maximum Gasteiger partial charge on any atom is 0.202 e. The molecule has 17 nitrogen and oxygen atoms in total. The number of rotatable bonds is 9. The van der Waals surface area contributed by atoms with Gasteiger partial charge in [0.25, 0.3) is 0 Å². The summed E-state index contributed by atoms with van der Waals surface area (Å²) in [4.78, 5) is 45.2. The van der Waals surface area contributed by atoms with Crippen LogP contribution in [-0.4, -0.2) is 134 Å². The van der Waals surface area contributed by atoms with Crippen LogP contribution >= 0.6 is 0 Å². The Kier molecular flexibility index (Phi) is 12.0. The maximum absolute atomic E-state index is 14.8. The van der Waals surface area contributed by atoms with Crippen molar-refractivity contribution in [1.29, 1.82) is 0 Å². The highest BCUT2D eigenvalue weighted by atomic mass is 16.7. The first-order valence-corrected chi connectivity index (χ1v) is 20.3. The highest BCUT2D eigenvalue weighted by molar-refractivity contribution is 6.32. The van der Waals surface area contributed by atoms with Gasteiger partial charge >= 0.3 is 0 Å². The molecule has 4 heterocycles. The molecule has 7 rings (SSSR count). The van der Waals surface area contributed by atoms with Gasteiger partial charge in [0.15, 0.2) is 29.4 Å². The van der Waals surface area contributed by atoms with Crippen LogP contribution in [0, 0.1) is 0 Å². The number of fused-ring (bicyclic) bond motifs is 4. The first-order valence-electron chi connectivity index (χ1n) is 20.3. The highest BCUT2D eigenvalue weighted by Crippen LogP contribution is 2.45. The van der Waals surface area contributed by atoms with E-state index >= 15 is 0 Å². The molecule has 328 valence electrons. The molecule has 3 aliphatic heterocycles. The van der Waals surface area contributed by atoms with Crippen molar-refractivity contribution in [3.05, 3.63) is 73.6 Å². The lowest BCUT2D eigenvalue weighted by molar-refractivity contribution is -0.287. The van der Waals surface area contributed by atoms with Crippen LogP contribution in [0.2, 0.25) is 0 Å². The lowest BCUT2D eigenvalue weighted by Crippen LogP contribution is -2.60. The summed E-state index contributed by atoms with van der Waals surface area (Å²) in [5, 5.41) is 64.5. The SMILES string of the molecule is C[C@@H]1O[C@@H](O[C@@H]2[C@H](C)O[C@@H](c3ccc4c(c3O)C(=O)c3c(cc(CO[C@H]5C[C@](C)(N)[C@H](O)[C@H](C)O5)c5c(=O)cc([C@@](C)(O)[C@@H](C)O)oc35)C4=O)C[C@@H]2N(C)C)C[C@H](O)[C@@H]1O. The van der Waals surface area contributed by atoms with Crippen molar-refractivity contribution in [1.82, 2.24) is 4.90 Å². The number of phenolic OH excluding ortho intramolecular Hbond substituents is 1. The molecule has 0 spiro atoms. The number of carbonyl (C=O) groups is 2. The smallest absolute Gasteiger partial charge is 0.202 e. The fourth-order valence-corrected chi connectivity index (χ4v) is 8.86. The van der Waals surface area contributed by atoms with Crippen LogP contribution in [0.5, 0.6) is 5.75 Å². The quantitative estimate of drug-likeness (QED) is 0.126. The van der Waals surface area contributed by atoms with Gasteiger partial charge in [-0.05, 0) is 79.8 Å². The number of hydrogen-bond donors (Lipinski definition) is 7. The fourth-order valence-electron chi connectivity index (χ4n) is 8.86. The second-order valence-corrected chi connectivity index (χ2v) is 17.5. The summed E-state index contributed by atoms with van der Waals surface area (Å²) in [6.07, 6.45) is -9.10. The molecule has 8 N–H and O–H groups in total. The van der Waals surface area contributed by atoms with Crippen LogP contribution in [0.15, 0.2) is 33.5 Å². The molecule has 2 aromatic carbocycles. The van der Waals surface area contributed by atoms with Crippen LogP contribution in [0.25, 0.3) is 11.0 Å². The number of hydrogen-bond acceptors (Lipinski definition) is 17. The van der Waals surface area contributed by atoms with E-state index in [0.717, 1.165) is 6.07 Å². The van der Waals surface area contributed by atoms with Crippen LogP contribution < -0.4 is 11.2 Å². The lowest BCUT2D eigenvalue weighted by atomic mass is 9.79. The van der Waals surface area contributed by atoms with E-state index in [4.69, 9.17) is 33.8 Å². The van der Waals surface area contributed by atoms with Gasteiger partial charge in [-0.2, -0.15) is 0 Å². The van der Waals surface area contributed by atoms with Gasteiger partial charge in [0, 0.05) is 47.2 Å². The molecule has 3 saturated heterocycles. The van der Waals surface area contributed by atoms with Gasteiger partial charge in [-0.15, -0.1) is 0 Å². The van der Waals surface area contributed by atoms with Gasteiger partial charge in [0.05, 0.1) is 65.8 Å². The number of aromatic hydroxyl groups is 1. The number of likely N-dealkylation sites (N-methyl/N-ethyl adjacent to an activating group) is 1. The number of ketones is 2. The van der Waals surface area contributed by atoms with E-state index < -0.39 is 101 Å². The van der Waals surface area contributed by atoms with Crippen LogP contribution in [0.3, 0.4) is 0 Å². The molecule has 3 aromatic rings. The van der Waals surface area contributed by atoms with Crippen molar-refractivity contribution in [2.45, 2.75) is 152 Å². The standard InChI is InChI=1S/C43H56N2O15/c1-17-35(49)27(48)14-30(57-17)60-39-18(2)56-28(12-25(39)45(7)8)22-9-10-23-33(37(22)51)38(52)34-24(36(23)50)11-21(16-55-31-15-42(5,44)41(53)19(3)58-31)32-26(47)13-29(59-40(32)34)43(6,54)20(4)46/h9-11,13,17-20,25,27-28,30-31,35,39,41,46,48-49,51,53-54H,12,14-16,44H2,1-8H3/t17-,18-,19-,20+,25-,27-,28+,30-,31+,35+,39+,41+,42-,43-/m0/s1. The Balaban J connectivity index is 1.26. The molecule has 1 aliphatic carbocycles. The second-order valence-electron chi connectivity index (χ2n) is 17.5. The Morgan fingerprint density at radius 2 is 1.63 bits per heavy atom. The van der Waals surface area contributed by atoms with Gasteiger partial charge in [0.2, 0.25) is 5.78 Å². The summed E-state index contributed by atoms with van der Waals surface area (Å²) in [7, 11) is 3.71. The van der Waals surface area contributed by atoms with Crippen LogP contribution in [-0.2, 0) is 35.9 Å². The van der Waals surface area contributed by atoms with Crippen LogP contribution in [0.4, 0.5) is 0 Å². The summed E-state index contributed by atoms with van der Waals surface area (Å²) in [6.45, 7) is 8.96. The summed E-state index contributed by atoms with van der Waals surface area (Å²) in [5.74, 6) is -2.36. The van der Waals surface area contributed by atoms with Crippen molar-refractivity contribution in [2.24, 2.45) is 5.73 Å². The molecule has 4 aliphatic rings. The Bertz CT molecular complexity index is 2210. The molecule has 0 saturated carbocycles. The zero-order valence-corrected chi connectivity index (χ0v) is 34.9. The molecule has 0 radical (unpaired) electrons. The summed E-state index contributed by atoms with van der Waals surface area (Å²) >= 11 is 0. The molecule has 3 fully saturated rings. The molecule has 0 unspecified atom stereocenters. The minimum Gasteiger partial charge on any atom is -0.507 e. The van der Waals surface area contributed by atoms with E-state index in [2.05, 4.69) is 0 Å². The van der Waals surface area contributed by atoms with Crippen molar-refractivity contribution in [2.75, 3.05) is 14.1 Å². The van der Waals surface area contributed by atoms with E-state index in [-0.39, 0.29) is 82.0 Å². The minimum absolute atomic E-state index is 0.0515. The Morgan fingerprint density at radius 1 is 0.950 bits per heavy atom. The normalized spacial score (nSPS) is 35.0. The molecular weight excluding hydrogens is 784 g/mol. The molecule has 14 atom stereocenters. The average Bonchev–Trinajstić information content (AvgIpc) is 3.16. The third-order valence-electron chi connectivity index (χ3n) is 12.7. The number of nitrogens with two attached hydrogens (primary N) is 1. The maximum atomic E-state index is 14.8. The van der Waals surface area contributed by atoms with E-state index in [1.807, 2.05) is 19.0 Å². The molecule has 0 amide bonds. The van der Waals surface area contributed by atoms with Crippen LogP contribution in [0.1, 0.15) is 116 Å². The number of aliphatic hydroxyl groups excluding tert-OH is 4. The predicted octanol–water partition coefficient (Wildman–Crippen LogP) is 1.61. The third kappa shape index (κ3) is 7.73. The van der Waals surface area contributed by atoms with E-state index in [9.17, 15) is 45.0 Å². The largest absolute Gasteiger partial charge is 0.507 e. The zero-order chi connectivity index (χ0) is 43.9. The van der Waals surface area contributed by atoms with Crippen molar-refractivity contribution >= 4 is 22.5 Å². The molecule has 1 aromatic heterocycles. The number of ether oxygens (including phenoxy) is 5. The van der Waals surface area contributed by atoms with Gasteiger partial charge in [-0.25, -0.2) is 0 Å². The Hall–Kier alpha value is -3.69. The Labute approximate surface area is 346 Å². The predicted molar refractivity (Wildman–Crippen MR) is 212 cm³/mol. The summed E-state index contributed by atoms with van der Waals surface area (Å²) in [5.41, 5.74) is 1.59. The summed E-state index contributed by atoms with van der Waals surface area (Å²) in [6, 6.07) is 5.02. The van der Waals surface area contributed by atoms with Crippen molar-refractivity contribution in [3.63, 3.8) is 0 Å². The van der Waals surface area contributed by atoms with Crippen molar-refractivity contribution in [3.8, 4) is 5.75 Å². The van der Waals surface area contributed by atoms with E-state index in [0.29, 0.717) is 0 Å². The fraction of sp³-hybridized carbons (Fsp3) is 0.605. The van der Waals surface area contributed by atoms with Crippen molar-refractivity contribution < 1.29 is 68.3 Å². The minimum atomic E-state index is -2.10. The molecule has 17 heteroatoms. The molecular formula is C43H56N2O15. The number of phenols is 1. The zero-order valence-electron chi connectivity index (χ0n) is 34.9. The van der Waals surface area contributed by atoms with Gasteiger partial charge < -0.3 is 69.4 Å². The average molecular weight is 841 g/mol. The monoisotopic (exact) mass is 840 g/mol. The van der Waals surface area contributed by atoms with Gasteiger partial charge in [0.1, 0.15) is 29.3 Å². The third-order valence-corrected chi connectivity index (χ3v) is 12.7. The van der Waals surface area contributed by atoms with Gasteiger partial charge in [-0.3, -0.25) is 14.4 Å². The number of carbonyl (C=O) groups excluding carboxylic acids is 2. The summed E-state index contributed by atoms with van der Waals surface area (Å²) < 4.78 is 36.7. The lowest BCUT2D eigenvalue weighted by Gasteiger charge is -2.46. The number of benzene rings is 2. The first-order chi connectivity index (χ1) is 28.0. The molecule has 60 heavy (non-hydrogen) atoms. The molecule has 0 bridgehead atoms. The highest BCUT2D eigenvalue weighted by Gasteiger charge is 2.46. The Morgan fingerprint density at radius 3 is 2.27 bits per heavy atom.